The standard InChI is InChI=1S/C14H16N2O2/c1-10-5-6-18-13(10)14(17)16-9-12-4-2-3-11(7-12)8-15/h2-7H,8-9,15H2,1H3,(H,16,17). The Labute approximate surface area is 106 Å². The Morgan fingerprint density at radius 3 is 2.78 bits per heavy atom. The smallest absolute Gasteiger partial charge is 0.287 e. The van der Waals surface area contributed by atoms with Crippen LogP contribution in [0.3, 0.4) is 0 Å². The van der Waals surface area contributed by atoms with Crippen molar-refractivity contribution >= 4 is 5.91 Å². The molecule has 0 unspecified atom stereocenters. The van der Waals surface area contributed by atoms with E-state index in [0.717, 1.165) is 16.7 Å². The minimum absolute atomic E-state index is 0.198. The summed E-state index contributed by atoms with van der Waals surface area (Å²) in [6, 6.07) is 9.59. The van der Waals surface area contributed by atoms with Crippen molar-refractivity contribution < 1.29 is 9.21 Å². The molecule has 18 heavy (non-hydrogen) atoms. The highest BCUT2D eigenvalue weighted by atomic mass is 16.3. The van der Waals surface area contributed by atoms with Gasteiger partial charge in [-0.2, -0.15) is 0 Å². The minimum Gasteiger partial charge on any atom is -0.459 e. The highest BCUT2D eigenvalue weighted by Gasteiger charge is 2.11. The Morgan fingerprint density at radius 1 is 1.33 bits per heavy atom. The second kappa shape index (κ2) is 5.51. The summed E-state index contributed by atoms with van der Waals surface area (Å²) in [7, 11) is 0. The van der Waals surface area contributed by atoms with Crippen LogP contribution in [0.1, 0.15) is 27.2 Å². The fraction of sp³-hybridized carbons (Fsp3) is 0.214. The van der Waals surface area contributed by atoms with Crippen molar-refractivity contribution in [1.29, 1.82) is 0 Å². The van der Waals surface area contributed by atoms with Gasteiger partial charge in [-0.3, -0.25) is 4.79 Å². The maximum Gasteiger partial charge on any atom is 0.287 e. The molecular weight excluding hydrogens is 228 g/mol. The van der Waals surface area contributed by atoms with E-state index in [2.05, 4.69) is 5.32 Å². The van der Waals surface area contributed by atoms with Crippen LogP contribution in [-0.2, 0) is 13.1 Å². The van der Waals surface area contributed by atoms with Gasteiger partial charge in [-0.15, -0.1) is 0 Å². The molecule has 1 aromatic heterocycles. The predicted octanol–water partition coefficient (Wildman–Crippen LogP) is 1.98. The second-order valence-corrected chi connectivity index (χ2v) is 4.14. The number of benzene rings is 1. The lowest BCUT2D eigenvalue weighted by atomic mass is 10.1. The average molecular weight is 244 g/mol. The lowest BCUT2D eigenvalue weighted by molar-refractivity contribution is 0.0922. The van der Waals surface area contributed by atoms with E-state index in [1.54, 1.807) is 6.07 Å². The van der Waals surface area contributed by atoms with E-state index < -0.39 is 0 Å². The summed E-state index contributed by atoms with van der Waals surface area (Å²) < 4.78 is 5.13. The van der Waals surface area contributed by atoms with Crippen LogP contribution >= 0.6 is 0 Å². The van der Waals surface area contributed by atoms with Gasteiger partial charge in [0.2, 0.25) is 0 Å². The van der Waals surface area contributed by atoms with E-state index in [-0.39, 0.29) is 5.91 Å². The molecule has 2 aromatic rings. The van der Waals surface area contributed by atoms with E-state index in [1.165, 1.54) is 6.26 Å². The van der Waals surface area contributed by atoms with Crippen LogP contribution in [0, 0.1) is 6.92 Å². The number of hydrogen-bond acceptors (Lipinski definition) is 3. The van der Waals surface area contributed by atoms with Crippen LogP contribution in [0.2, 0.25) is 0 Å². The van der Waals surface area contributed by atoms with Crippen molar-refractivity contribution in [2.24, 2.45) is 5.73 Å². The molecule has 3 N–H and O–H groups in total. The number of amides is 1. The average Bonchev–Trinajstić information content (AvgIpc) is 2.82. The number of carbonyl (C=O) groups excluding carboxylic acids is 1. The fourth-order valence-corrected chi connectivity index (χ4v) is 1.73. The molecule has 0 saturated heterocycles. The normalized spacial score (nSPS) is 10.3. The molecule has 0 aliphatic heterocycles. The van der Waals surface area contributed by atoms with Gasteiger partial charge in [0.15, 0.2) is 5.76 Å². The van der Waals surface area contributed by atoms with Crippen LogP contribution in [-0.4, -0.2) is 5.91 Å². The number of furan rings is 1. The zero-order valence-corrected chi connectivity index (χ0v) is 10.3. The third-order valence-electron chi connectivity index (χ3n) is 2.75. The van der Waals surface area contributed by atoms with Gasteiger partial charge in [0.1, 0.15) is 0 Å². The van der Waals surface area contributed by atoms with E-state index >= 15 is 0 Å². The monoisotopic (exact) mass is 244 g/mol. The topological polar surface area (TPSA) is 68.3 Å². The molecule has 0 saturated carbocycles. The first kappa shape index (κ1) is 12.4. The zero-order valence-electron chi connectivity index (χ0n) is 10.3. The van der Waals surface area contributed by atoms with Crippen LogP contribution < -0.4 is 11.1 Å². The van der Waals surface area contributed by atoms with E-state index in [9.17, 15) is 4.79 Å². The second-order valence-electron chi connectivity index (χ2n) is 4.14. The van der Waals surface area contributed by atoms with Crippen molar-refractivity contribution in [3.8, 4) is 0 Å². The Hall–Kier alpha value is -2.07. The molecule has 1 aromatic carbocycles. The van der Waals surface area contributed by atoms with Crippen molar-refractivity contribution in [3.05, 3.63) is 59.0 Å². The number of nitrogens with two attached hydrogens (primary N) is 1. The molecule has 4 heteroatoms. The lowest BCUT2D eigenvalue weighted by Crippen LogP contribution is -2.23. The van der Waals surface area contributed by atoms with Gasteiger partial charge in [0.25, 0.3) is 5.91 Å². The molecule has 1 heterocycles. The maximum absolute atomic E-state index is 11.8. The first-order chi connectivity index (χ1) is 8.70. The molecule has 0 aliphatic rings. The Balaban J connectivity index is 1.99. The molecule has 1 amide bonds. The molecule has 0 atom stereocenters. The van der Waals surface area contributed by atoms with Crippen molar-refractivity contribution in [3.63, 3.8) is 0 Å². The number of rotatable bonds is 4. The third kappa shape index (κ3) is 2.78. The Bertz CT molecular complexity index is 546. The van der Waals surface area contributed by atoms with Crippen molar-refractivity contribution in [2.45, 2.75) is 20.0 Å². The summed E-state index contributed by atoms with van der Waals surface area (Å²) in [6.45, 7) is 2.80. The quantitative estimate of drug-likeness (QED) is 0.864. The fourth-order valence-electron chi connectivity index (χ4n) is 1.73. The largest absolute Gasteiger partial charge is 0.459 e. The maximum atomic E-state index is 11.8. The Morgan fingerprint density at radius 2 is 2.11 bits per heavy atom. The molecular formula is C14H16N2O2. The van der Waals surface area contributed by atoms with Crippen molar-refractivity contribution in [1.82, 2.24) is 5.32 Å². The van der Waals surface area contributed by atoms with E-state index in [0.29, 0.717) is 18.8 Å². The van der Waals surface area contributed by atoms with E-state index in [4.69, 9.17) is 10.2 Å². The number of nitrogens with one attached hydrogen (secondary N) is 1. The predicted molar refractivity (Wildman–Crippen MR) is 68.9 cm³/mol. The molecule has 0 aliphatic carbocycles. The number of aryl methyl sites for hydroxylation is 1. The third-order valence-corrected chi connectivity index (χ3v) is 2.75. The van der Waals surface area contributed by atoms with E-state index in [1.807, 2.05) is 31.2 Å². The molecule has 0 radical (unpaired) electrons. The summed E-state index contributed by atoms with van der Waals surface area (Å²) in [4.78, 5) is 11.8. The van der Waals surface area contributed by atoms with Crippen molar-refractivity contribution in [2.75, 3.05) is 0 Å². The number of hydrogen-bond donors (Lipinski definition) is 2. The van der Waals surface area contributed by atoms with Gasteiger partial charge >= 0.3 is 0 Å². The molecule has 94 valence electrons. The molecule has 2 rings (SSSR count). The zero-order chi connectivity index (χ0) is 13.0. The van der Waals surface area contributed by atoms with Gasteiger partial charge in [-0.1, -0.05) is 24.3 Å². The van der Waals surface area contributed by atoms with Crippen LogP contribution in [0.25, 0.3) is 0 Å². The van der Waals surface area contributed by atoms with Crippen LogP contribution in [0.4, 0.5) is 0 Å². The number of carbonyl (C=O) groups is 1. The first-order valence-corrected chi connectivity index (χ1v) is 5.81. The first-order valence-electron chi connectivity index (χ1n) is 5.81. The molecule has 0 bridgehead atoms. The Kier molecular flexibility index (Phi) is 3.79. The van der Waals surface area contributed by atoms with Gasteiger partial charge in [-0.05, 0) is 24.1 Å². The highest BCUT2D eigenvalue weighted by Crippen LogP contribution is 2.09. The lowest BCUT2D eigenvalue weighted by Gasteiger charge is -2.05. The summed E-state index contributed by atoms with van der Waals surface area (Å²) in [5, 5.41) is 2.82. The van der Waals surface area contributed by atoms with Crippen LogP contribution in [0.5, 0.6) is 0 Å². The molecule has 0 fully saturated rings. The summed E-state index contributed by atoms with van der Waals surface area (Å²) in [6.07, 6.45) is 1.51. The molecule has 4 nitrogen and oxygen atoms in total. The van der Waals surface area contributed by atoms with Gasteiger partial charge < -0.3 is 15.5 Å². The van der Waals surface area contributed by atoms with Crippen LogP contribution in [0.15, 0.2) is 41.0 Å². The van der Waals surface area contributed by atoms with Gasteiger partial charge in [0.05, 0.1) is 6.26 Å². The highest BCUT2D eigenvalue weighted by molar-refractivity contribution is 5.92. The summed E-state index contributed by atoms with van der Waals surface area (Å²) >= 11 is 0. The SMILES string of the molecule is Cc1ccoc1C(=O)NCc1cccc(CN)c1. The van der Waals surface area contributed by atoms with Gasteiger partial charge in [-0.25, -0.2) is 0 Å². The summed E-state index contributed by atoms with van der Waals surface area (Å²) in [5.74, 6) is 0.167. The molecule has 0 spiro atoms. The van der Waals surface area contributed by atoms with Gasteiger partial charge in [0, 0.05) is 18.7 Å². The minimum atomic E-state index is -0.198. The summed E-state index contributed by atoms with van der Waals surface area (Å²) in [5.41, 5.74) is 8.48.